The number of amides is 3. The van der Waals surface area contributed by atoms with Crippen molar-refractivity contribution in [3.8, 4) is 0 Å². The number of benzene rings is 3. The molecule has 0 heterocycles. The predicted molar refractivity (Wildman–Crippen MR) is 142 cm³/mol. The molecule has 3 amide bonds. The van der Waals surface area contributed by atoms with Crippen LogP contribution < -0.4 is 10.6 Å². The summed E-state index contributed by atoms with van der Waals surface area (Å²) >= 11 is 0. The average Bonchev–Trinajstić information content (AvgIpc) is 2.98. The normalized spacial score (nSPS) is 11.4. The second kappa shape index (κ2) is 14.9. The summed E-state index contributed by atoms with van der Waals surface area (Å²) in [5, 5.41) is 4.74. The van der Waals surface area contributed by atoms with Crippen molar-refractivity contribution in [2.75, 3.05) is 26.2 Å². The fourth-order valence-corrected chi connectivity index (χ4v) is 3.71. The molecule has 0 atom stereocenters. The van der Waals surface area contributed by atoms with Crippen molar-refractivity contribution in [1.29, 1.82) is 0 Å². The third kappa shape index (κ3) is 10.9. The molecule has 0 spiro atoms. The highest BCUT2D eigenvalue weighted by atomic mass is 19.4. The van der Waals surface area contributed by atoms with Crippen molar-refractivity contribution in [3.63, 3.8) is 0 Å². The number of rotatable bonds is 11. The van der Waals surface area contributed by atoms with Gasteiger partial charge >= 0.3 is 24.5 Å². The summed E-state index contributed by atoms with van der Waals surface area (Å²) in [7, 11) is 0. The number of carbonyl (C=O) groups excluding carboxylic acids is 3. The van der Waals surface area contributed by atoms with E-state index in [1.165, 1.54) is 0 Å². The van der Waals surface area contributed by atoms with Gasteiger partial charge in [0.1, 0.15) is 13.2 Å². The van der Waals surface area contributed by atoms with Crippen molar-refractivity contribution >= 4 is 18.1 Å². The number of nitrogens with one attached hydrogen (secondary N) is 2. The molecule has 230 valence electrons. The molecule has 2 N–H and O–H groups in total. The summed E-state index contributed by atoms with van der Waals surface area (Å²) in [6.45, 7) is -1.31. The quantitative estimate of drug-likeness (QED) is 0.259. The van der Waals surface area contributed by atoms with Crippen LogP contribution in [0.1, 0.15) is 32.6 Å². The Morgan fingerprint density at radius 3 is 1.40 bits per heavy atom. The highest BCUT2D eigenvalue weighted by Gasteiger charge is 2.38. The van der Waals surface area contributed by atoms with Crippen molar-refractivity contribution < 1.29 is 50.2 Å². The van der Waals surface area contributed by atoms with Gasteiger partial charge in [0, 0.05) is 31.7 Å². The third-order valence-electron chi connectivity index (χ3n) is 5.85. The molecule has 0 saturated heterocycles. The largest absolute Gasteiger partial charge is 0.445 e. The molecule has 3 rings (SSSR count). The first kappa shape index (κ1) is 32.8. The molecule has 0 saturated carbocycles. The van der Waals surface area contributed by atoms with E-state index in [-0.39, 0.29) is 45.5 Å². The van der Waals surface area contributed by atoms with Crippen LogP contribution in [0.2, 0.25) is 0 Å². The SMILES string of the molecule is O=C(NCCN(CCNC(=O)OCc1ccccc1)C(=O)c1cc(C(F)(F)F)cc(C(F)(F)F)c1)OCc1ccccc1. The van der Waals surface area contributed by atoms with Gasteiger partial charge in [0.2, 0.25) is 0 Å². The summed E-state index contributed by atoms with van der Waals surface area (Å²) in [4.78, 5) is 38.2. The standard InChI is InChI=1S/C29H27F6N3O5/c30-28(31,32)23-15-22(16-24(17-23)29(33,34)35)25(39)38(13-11-36-26(40)42-18-20-7-3-1-4-8-20)14-12-37-27(41)43-19-21-9-5-2-6-10-21/h1-10,15-17H,11-14,18-19H2,(H,36,40)(H,37,41). The van der Waals surface area contributed by atoms with Gasteiger partial charge in [0.25, 0.3) is 5.91 Å². The zero-order valence-electron chi connectivity index (χ0n) is 22.5. The van der Waals surface area contributed by atoms with E-state index >= 15 is 0 Å². The summed E-state index contributed by atoms with van der Waals surface area (Å²) in [6, 6.07) is 17.9. The average molecular weight is 612 g/mol. The molecular formula is C29H27F6N3O5. The van der Waals surface area contributed by atoms with Crippen molar-refractivity contribution in [1.82, 2.24) is 15.5 Å². The minimum absolute atomic E-state index is 0.0607. The number of nitrogens with zero attached hydrogens (tertiary/aromatic N) is 1. The Kier molecular flexibility index (Phi) is 11.4. The van der Waals surface area contributed by atoms with Gasteiger partial charge in [-0.1, -0.05) is 60.7 Å². The maximum Gasteiger partial charge on any atom is 0.416 e. The zero-order chi connectivity index (χ0) is 31.5. The van der Waals surface area contributed by atoms with E-state index in [9.17, 15) is 40.7 Å². The molecule has 8 nitrogen and oxygen atoms in total. The Labute approximate surface area is 242 Å². The second-order valence-electron chi connectivity index (χ2n) is 9.06. The van der Waals surface area contributed by atoms with Crippen LogP contribution in [0.3, 0.4) is 0 Å². The predicted octanol–water partition coefficient (Wildman–Crippen LogP) is 6.02. The smallest absolute Gasteiger partial charge is 0.416 e. The van der Waals surface area contributed by atoms with Gasteiger partial charge in [0.05, 0.1) is 11.1 Å². The molecule has 3 aromatic carbocycles. The molecule has 14 heteroatoms. The van der Waals surface area contributed by atoms with E-state index in [0.29, 0.717) is 23.3 Å². The zero-order valence-corrected chi connectivity index (χ0v) is 22.5. The lowest BCUT2D eigenvalue weighted by molar-refractivity contribution is -0.143. The Hall–Kier alpha value is -4.75. The van der Waals surface area contributed by atoms with Crippen LogP contribution >= 0.6 is 0 Å². The van der Waals surface area contributed by atoms with Gasteiger partial charge in [-0.15, -0.1) is 0 Å². The summed E-state index contributed by atoms with van der Waals surface area (Å²) in [5.74, 6) is -1.18. The highest BCUT2D eigenvalue weighted by molar-refractivity contribution is 5.94. The molecule has 0 aliphatic heterocycles. The fourth-order valence-electron chi connectivity index (χ4n) is 3.71. The van der Waals surface area contributed by atoms with Gasteiger partial charge in [-0.05, 0) is 29.3 Å². The van der Waals surface area contributed by atoms with Crippen LogP contribution in [-0.2, 0) is 35.0 Å². The minimum atomic E-state index is -5.16. The second-order valence-corrected chi connectivity index (χ2v) is 9.06. The Morgan fingerprint density at radius 2 is 1.02 bits per heavy atom. The molecule has 0 fully saturated rings. The number of ether oxygens (including phenoxy) is 2. The molecule has 43 heavy (non-hydrogen) atoms. The van der Waals surface area contributed by atoms with Crippen LogP contribution in [0.5, 0.6) is 0 Å². The number of hydrogen-bond donors (Lipinski definition) is 2. The van der Waals surface area contributed by atoms with Gasteiger partial charge in [-0.25, -0.2) is 9.59 Å². The lowest BCUT2D eigenvalue weighted by Gasteiger charge is -2.24. The van der Waals surface area contributed by atoms with Gasteiger partial charge in [-0.2, -0.15) is 26.3 Å². The fraction of sp³-hybridized carbons (Fsp3) is 0.276. The van der Waals surface area contributed by atoms with Gasteiger partial charge < -0.3 is 25.0 Å². The number of halogens is 6. The molecule has 3 aromatic rings. The minimum Gasteiger partial charge on any atom is -0.445 e. The lowest BCUT2D eigenvalue weighted by Crippen LogP contribution is -2.43. The van der Waals surface area contributed by atoms with E-state index in [0.717, 1.165) is 4.90 Å². The Balaban J connectivity index is 1.68. The maximum atomic E-state index is 13.4. The molecule has 0 aliphatic rings. The van der Waals surface area contributed by atoms with E-state index in [1.54, 1.807) is 60.7 Å². The molecular weight excluding hydrogens is 584 g/mol. The van der Waals surface area contributed by atoms with Crippen LogP contribution in [0, 0.1) is 0 Å². The lowest BCUT2D eigenvalue weighted by atomic mass is 10.0. The summed E-state index contributed by atoms with van der Waals surface area (Å²) in [6.07, 6.45) is -12.0. The monoisotopic (exact) mass is 611 g/mol. The molecule has 0 bridgehead atoms. The van der Waals surface area contributed by atoms with E-state index in [4.69, 9.17) is 9.47 Å². The first-order valence-electron chi connectivity index (χ1n) is 12.8. The number of alkyl carbamates (subject to hydrolysis) is 2. The van der Waals surface area contributed by atoms with Gasteiger partial charge in [0.15, 0.2) is 0 Å². The topological polar surface area (TPSA) is 97.0 Å². The van der Waals surface area contributed by atoms with Crippen LogP contribution in [0.25, 0.3) is 0 Å². The highest BCUT2D eigenvalue weighted by Crippen LogP contribution is 2.36. The maximum absolute atomic E-state index is 13.4. The summed E-state index contributed by atoms with van der Waals surface area (Å²) in [5.41, 5.74) is -2.79. The van der Waals surface area contributed by atoms with E-state index < -0.39 is 47.1 Å². The number of hydrogen-bond acceptors (Lipinski definition) is 5. The van der Waals surface area contributed by atoms with Gasteiger partial charge in [-0.3, -0.25) is 4.79 Å². The molecule has 0 aliphatic carbocycles. The van der Waals surface area contributed by atoms with Crippen LogP contribution in [0.4, 0.5) is 35.9 Å². The molecule has 0 unspecified atom stereocenters. The van der Waals surface area contributed by atoms with Crippen LogP contribution in [-0.4, -0.2) is 49.2 Å². The Bertz CT molecular complexity index is 1270. The Morgan fingerprint density at radius 1 is 0.628 bits per heavy atom. The first-order chi connectivity index (χ1) is 20.3. The van der Waals surface area contributed by atoms with Crippen molar-refractivity contribution in [3.05, 3.63) is 107 Å². The van der Waals surface area contributed by atoms with E-state index in [1.807, 2.05) is 0 Å². The summed E-state index contributed by atoms with van der Waals surface area (Å²) < 4.78 is 90.3. The molecule has 0 radical (unpaired) electrons. The first-order valence-corrected chi connectivity index (χ1v) is 12.8. The molecule has 0 aromatic heterocycles. The van der Waals surface area contributed by atoms with Crippen molar-refractivity contribution in [2.24, 2.45) is 0 Å². The van der Waals surface area contributed by atoms with E-state index in [2.05, 4.69) is 10.6 Å². The van der Waals surface area contributed by atoms with Crippen molar-refractivity contribution in [2.45, 2.75) is 25.6 Å². The third-order valence-corrected chi connectivity index (χ3v) is 5.85. The van der Waals surface area contributed by atoms with Crippen LogP contribution in [0.15, 0.2) is 78.9 Å². The number of alkyl halides is 6. The number of carbonyl (C=O) groups is 3.